The number of pyridine rings is 1. The van der Waals surface area contributed by atoms with E-state index in [4.69, 9.17) is 10.8 Å². The number of carboxylic acids is 1. The molecule has 1 aromatic heterocycles. The van der Waals surface area contributed by atoms with E-state index in [1.54, 1.807) is 31.2 Å². The monoisotopic (exact) mass is 371 g/mol. The number of carbonyl (C=O) groups is 1. The van der Waals surface area contributed by atoms with Crippen LogP contribution in [0.5, 0.6) is 0 Å². The van der Waals surface area contributed by atoms with Gasteiger partial charge in [-0.3, -0.25) is 9.71 Å². The lowest BCUT2D eigenvalue weighted by atomic mass is 10.0. The van der Waals surface area contributed by atoms with Gasteiger partial charge >= 0.3 is 5.97 Å². The van der Waals surface area contributed by atoms with Gasteiger partial charge in [-0.15, -0.1) is 0 Å². The minimum absolute atomic E-state index is 0.0210. The molecule has 0 spiro atoms. The van der Waals surface area contributed by atoms with E-state index in [0.717, 1.165) is 0 Å². The van der Waals surface area contributed by atoms with Crippen LogP contribution in [-0.4, -0.2) is 30.0 Å². The molecule has 1 aromatic carbocycles. The van der Waals surface area contributed by atoms with Gasteiger partial charge in [-0.25, -0.2) is 13.2 Å². The van der Waals surface area contributed by atoms with Gasteiger partial charge in [0.2, 0.25) is 0 Å². The number of aliphatic carboxylic acids is 1. The van der Waals surface area contributed by atoms with E-state index in [1.165, 1.54) is 36.6 Å². The van der Waals surface area contributed by atoms with E-state index < -0.39 is 21.5 Å². The van der Waals surface area contributed by atoms with Crippen molar-refractivity contribution in [3.05, 3.63) is 72.1 Å². The number of hydrogen-bond donors (Lipinski definition) is 3. The summed E-state index contributed by atoms with van der Waals surface area (Å²) in [5.41, 5.74) is 5.41. The summed E-state index contributed by atoms with van der Waals surface area (Å²) in [6.07, 6.45) is 7.00. The SMILES string of the molecule is CC1(N)C=C(NS(=O)(=O)c2cccc3cccnc23)C=CC(C(=O)O)=C1. The van der Waals surface area contributed by atoms with Gasteiger partial charge in [0, 0.05) is 17.3 Å². The molecule has 1 aliphatic carbocycles. The quantitative estimate of drug-likeness (QED) is 0.752. The Kier molecular flexibility index (Phi) is 4.39. The van der Waals surface area contributed by atoms with Gasteiger partial charge in [0.1, 0.15) is 4.90 Å². The molecule has 26 heavy (non-hydrogen) atoms. The van der Waals surface area contributed by atoms with E-state index in [2.05, 4.69) is 9.71 Å². The Morgan fingerprint density at radius 3 is 2.65 bits per heavy atom. The van der Waals surface area contributed by atoms with Crippen molar-refractivity contribution in [1.82, 2.24) is 9.71 Å². The lowest BCUT2D eigenvalue weighted by molar-refractivity contribution is -0.132. The minimum Gasteiger partial charge on any atom is -0.478 e. The van der Waals surface area contributed by atoms with Crippen LogP contribution in [-0.2, 0) is 14.8 Å². The summed E-state index contributed by atoms with van der Waals surface area (Å²) in [7, 11) is -3.95. The first kappa shape index (κ1) is 17.8. The zero-order valence-corrected chi connectivity index (χ0v) is 14.7. The molecule has 0 saturated heterocycles. The molecule has 1 aliphatic rings. The second-order valence-corrected chi connectivity index (χ2v) is 7.79. The number of allylic oxidation sites excluding steroid dienone is 1. The summed E-state index contributed by atoms with van der Waals surface area (Å²) < 4.78 is 28.2. The Hall–Kier alpha value is -2.97. The number of fused-ring (bicyclic) bond motifs is 1. The summed E-state index contributed by atoms with van der Waals surface area (Å²) in [4.78, 5) is 15.4. The number of nitrogens with two attached hydrogens (primary N) is 1. The number of para-hydroxylation sites is 1. The molecule has 3 rings (SSSR count). The van der Waals surface area contributed by atoms with Crippen molar-refractivity contribution in [2.45, 2.75) is 17.4 Å². The lowest BCUT2D eigenvalue weighted by Crippen LogP contribution is -2.34. The molecule has 134 valence electrons. The first-order valence-electron chi connectivity index (χ1n) is 7.70. The van der Waals surface area contributed by atoms with Crippen LogP contribution >= 0.6 is 0 Å². The Balaban J connectivity index is 2.01. The molecule has 0 fully saturated rings. The minimum atomic E-state index is -3.95. The molecule has 2 aromatic rings. The molecule has 7 nitrogen and oxygen atoms in total. The van der Waals surface area contributed by atoms with Gasteiger partial charge in [0.25, 0.3) is 10.0 Å². The fourth-order valence-electron chi connectivity index (χ4n) is 2.69. The van der Waals surface area contributed by atoms with E-state index in [0.29, 0.717) is 10.9 Å². The predicted molar refractivity (Wildman–Crippen MR) is 97.6 cm³/mol. The highest BCUT2D eigenvalue weighted by Crippen LogP contribution is 2.23. The third-order valence-corrected chi connectivity index (χ3v) is 5.17. The first-order valence-corrected chi connectivity index (χ1v) is 9.19. The summed E-state index contributed by atoms with van der Waals surface area (Å²) in [5, 5.41) is 9.86. The maximum absolute atomic E-state index is 12.9. The normalized spacial score (nSPS) is 20.2. The number of benzene rings is 1. The standard InChI is InChI=1S/C18H17N3O4S/c1-18(19)10-13(17(22)23)7-8-14(11-18)21-26(24,25)15-6-2-4-12-5-3-9-20-16(12)15/h2-11,21H,19H2,1H3,(H,22,23). The van der Waals surface area contributed by atoms with Crippen LogP contribution in [0.25, 0.3) is 10.9 Å². The molecule has 1 atom stereocenters. The van der Waals surface area contributed by atoms with Crippen molar-refractivity contribution in [1.29, 1.82) is 0 Å². The van der Waals surface area contributed by atoms with Crippen LogP contribution in [0.1, 0.15) is 6.92 Å². The van der Waals surface area contributed by atoms with Crippen LogP contribution < -0.4 is 10.5 Å². The maximum Gasteiger partial charge on any atom is 0.335 e. The van der Waals surface area contributed by atoms with Gasteiger partial charge < -0.3 is 10.8 Å². The average molecular weight is 371 g/mol. The summed E-state index contributed by atoms with van der Waals surface area (Å²) in [5.74, 6) is -1.14. The molecule has 0 saturated carbocycles. The van der Waals surface area contributed by atoms with Crippen molar-refractivity contribution in [2.75, 3.05) is 0 Å². The molecule has 1 heterocycles. The van der Waals surface area contributed by atoms with Crippen molar-refractivity contribution in [2.24, 2.45) is 5.73 Å². The predicted octanol–water partition coefficient (Wildman–Crippen LogP) is 1.70. The molecule has 4 N–H and O–H groups in total. The van der Waals surface area contributed by atoms with Crippen LogP contribution in [0.15, 0.2) is 77.0 Å². The van der Waals surface area contributed by atoms with Crippen LogP contribution in [0.4, 0.5) is 0 Å². The van der Waals surface area contributed by atoms with Crippen LogP contribution in [0.2, 0.25) is 0 Å². The maximum atomic E-state index is 12.9. The van der Waals surface area contributed by atoms with Gasteiger partial charge in [-0.1, -0.05) is 18.2 Å². The van der Waals surface area contributed by atoms with Gasteiger partial charge in [-0.05, 0) is 43.4 Å². The summed E-state index contributed by atoms with van der Waals surface area (Å²) >= 11 is 0. The molecule has 8 heteroatoms. The molecular weight excluding hydrogens is 354 g/mol. The number of carboxylic acid groups (broad SMARTS) is 1. The Morgan fingerprint density at radius 1 is 1.19 bits per heavy atom. The highest BCUT2D eigenvalue weighted by molar-refractivity contribution is 7.89. The zero-order valence-electron chi connectivity index (χ0n) is 13.9. The Bertz CT molecular complexity index is 1080. The number of rotatable bonds is 4. The zero-order chi connectivity index (χ0) is 18.9. The topological polar surface area (TPSA) is 122 Å². The molecule has 0 amide bonds. The second-order valence-electron chi connectivity index (χ2n) is 6.14. The highest BCUT2D eigenvalue weighted by atomic mass is 32.2. The third-order valence-electron chi connectivity index (χ3n) is 3.76. The third kappa shape index (κ3) is 3.66. The fraction of sp³-hybridized carbons (Fsp3) is 0.111. The number of aromatic nitrogens is 1. The van der Waals surface area contributed by atoms with Gasteiger partial charge in [0.15, 0.2) is 0 Å². The fourth-order valence-corrected chi connectivity index (χ4v) is 3.92. The molecule has 1 unspecified atom stereocenters. The highest BCUT2D eigenvalue weighted by Gasteiger charge is 2.23. The molecular formula is C18H17N3O4S. The lowest BCUT2D eigenvalue weighted by Gasteiger charge is -2.17. The first-order chi connectivity index (χ1) is 12.2. The van der Waals surface area contributed by atoms with Crippen molar-refractivity contribution < 1.29 is 18.3 Å². The molecule has 0 bridgehead atoms. The number of sulfonamides is 1. The van der Waals surface area contributed by atoms with Crippen LogP contribution in [0, 0.1) is 0 Å². The van der Waals surface area contributed by atoms with Crippen molar-refractivity contribution >= 4 is 26.9 Å². The number of nitrogens with zero attached hydrogens (tertiary/aromatic N) is 1. The van der Waals surface area contributed by atoms with E-state index in [1.807, 2.05) is 0 Å². The van der Waals surface area contributed by atoms with Crippen molar-refractivity contribution in [3.8, 4) is 0 Å². The van der Waals surface area contributed by atoms with E-state index in [9.17, 15) is 13.2 Å². The Labute approximate surface area is 150 Å². The second kappa shape index (κ2) is 6.40. The number of hydrogen-bond acceptors (Lipinski definition) is 5. The molecule has 0 radical (unpaired) electrons. The number of nitrogens with one attached hydrogen (secondary N) is 1. The van der Waals surface area contributed by atoms with Gasteiger partial charge in [0.05, 0.1) is 16.6 Å². The average Bonchev–Trinajstić information content (AvgIpc) is 2.71. The Morgan fingerprint density at radius 2 is 1.92 bits per heavy atom. The summed E-state index contributed by atoms with van der Waals surface area (Å²) in [6, 6.07) is 8.36. The largest absolute Gasteiger partial charge is 0.478 e. The van der Waals surface area contributed by atoms with Crippen LogP contribution in [0.3, 0.4) is 0 Å². The molecule has 0 aliphatic heterocycles. The van der Waals surface area contributed by atoms with E-state index in [-0.39, 0.29) is 16.2 Å². The smallest absolute Gasteiger partial charge is 0.335 e. The van der Waals surface area contributed by atoms with Crippen molar-refractivity contribution in [3.63, 3.8) is 0 Å². The van der Waals surface area contributed by atoms with Gasteiger partial charge in [-0.2, -0.15) is 0 Å². The summed E-state index contributed by atoms with van der Waals surface area (Å²) in [6.45, 7) is 1.58. The van der Waals surface area contributed by atoms with E-state index >= 15 is 0 Å².